The fourth-order valence-electron chi connectivity index (χ4n) is 2.01. The van der Waals surface area contributed by atoms with Crippen molar-refractivity contribution in [2.24, 2.45) is 0 Å². The van der Waals surface area contributed by atoms with Crippen molar-refractivity contribution in [3.63, 3.8) is 0 Å². The van der Waals surface area contributed by atoms with Crippen molar-refractivity contribution in [1.82, 2.24) is 4.98 Å². The normalized spacial score (nSPS) is 18.9. The third kappa shape index (κ3) is 3.16. The van der Waals surface area contributed by atoms with Crippen molar-refractivity contribution < 1.29 is 19.1 Å². The number of rotatable bonds is 4. The number of anilines is 1. The Morgan fingerprint density at radius 2 is 2.30 bits per heavy atom. The molecule has 1 aromatic rings. The van der Waals surface area contributed by atoms with Crippen LogP contribution in [-0.2, 0) is 9.47 Å². The minimum atomic E-state index is -0.540. The maximum absolute atomic E-state index is 11.9. The minimum absolute atomic E-state index is 0.111. The lowest BCUT2D eigenvalue weighted by molar-refractivity contribution is 0.0515. The molecular formula is C13H18N2O4S. The third-order valence-electron chi connectivity index (χ3n) is 2.92. The van der Waals surface area contributed by atoms with Crippen LogP contribution in [0.4, 0.5) is 5.13 Å². The minimum Gasteiger partial charge on any atom is -0.461 e. The molecule has 0 N–H and O–H groups in total. The van der Waals surface area contributed by atoms with Crippen LogP contribution in [-0.4, -0.2) is 49.1 Å². The van der Waals surface area contributed by atoms with Crippen molar-refractivity contribution in [1.29, 1.82) is 0 Å². The first-order valence-electron chi connectivity index (χ1n) is 6.58. The van der Waals surface area contributed by atoms with Gasteiger partial charge in [-0.1, -0.05) is 11.3 Å². The number of hydrogen-bond donors (Lipinski definition) is 0. The van der Waals surface area contributed by atoms with Gasteiger partial charge in [0.2, 0.25) is 0 Å². The van der Waals surface area contributed by atoms with E-state index in [0.29, 0.717) is 29.7 Å². The Hall–Kier alpha value is -1.47. The van der Waals surface area contributed by atoms with Gasteiger partial charge in [0.15, 0.2) is 16.6 Å². The van der Waals surface area contributed by atoms with Crippen molar-refractivity contribution in [3.8, 4) is 0 Å². The fourth-order valence-corrected chi connectivity index (χ4v) is 3.00. The highest BCUT2D eigenvalue weighted by molar-refractivity contribution is 7.17. The second-order valence-corrected chi connectivity index (χ2v) is 5.56. The maximum Gasteiger partial charge on any atom is 0.358 e. The smallest absolute Gasteiger partial charge is 0.358 e. The van der Waals surface area contributed by atoms with E-state index in [-0.39, 0.29) is 24.2 Å². The van der Waals surface area contributed by atoms with Crippen LogP contribution in [0.3, 0.4) is 0 Å². The summed E-state index contributed by atoms with van der Waals surface area (Å²) in [7, 11) is 0. The predicted molar refractivity (Wildman–Crippen MR) is 75.7 cm³/mol. The largest absolute Gasteiger partial charge is 0.461 e. The first kappa shape index (κ1) is 14.9. The zero-order valence-corrected chi connectivity index (χ0v) is 12.7. The summed E-state index contributed by atoms with van der Waals surface area (Å²) >= 11 is 1.24. The Morgan fingerprint density at radius 1 is 1.55 bits per heavy atom. The number of esters is 1. The van der Waals surface area contributed by atoms with Crippen molar-refractivity contribution >= 4 is 28.2 Å². The first-order chi connectivity index (χ1) is 9.52. The van der Waals surface area contributed by atoms with E-state index in [9.17, 15) is 9.59 Å². The van der Waals surface area contributed by atoms with Gasteiger partial charge in [0.25, 0.3) is 0 Å². The molecule has 2 rings (SSSR count). The predicted octanol–water partition coefficient (Wildman–Crippen LogP) is 1.75. The number of carbonyl (C=O) groups is 2. The summed E-state index contributed by atoms with van der Waals surface area (Å²) in [5.41, 5.74) is 0.124. The van der Waals surface area contributed by atoms with Crippen LogP contribution >= 0.6 is 11.3 Å². The molecule has 0 aliphatic carbocycles. The highest BCUT2D eigenvalue weighted by Crippen LogP contribution is 2.28. The number of ketones is 1. The Balaban J connectivity index is 2.29. The van der Waals surface area contributed by atoms with Gasteiger partial charge in [-0.15, -0.1) is 0 Å². The lowest BCUT2D eigenvalue weighted by Crippen LogP contribution is -2.41. The lowest BCUT2D eigenvalue weighted by atomic mass is 10.3. The first-order valence-corrected chi connectivity index (χ1v) is 7.40. The van der Waals surface area contributed by atoms with Crippen LogP contribution in [0, 0.1) is 0 Å². The molecule has 1 unspecified atom stereocenters. The van der Waals surface area contributed by atoms with Gasteiger partial charge in [0.05, 0.1) is 19.3 Å². The topological polar surface area (TPSA) is 68.7 Å². The van der Waals surface area contributed by atoms with E-state index in [4.69, 9.17) is 9.47 Å². The van der Waals surface area contributed by atoms with Crippen LogP contribution in [0.15, 0.2) is 0 Å². The molecule has 110 valence electrons. The summed E-state index contributed by atoms with van der Waals surface area (Å²) in [5.74, 6) is -0.709. The number of hydrogen-bond acceptors (Lipinski definition) is 7. The number of ether oxygens (including phenoxy) is 2. The zero-order valence-electron chi connectivity index (χ0n) is 11.8. The molecule has 2 heterocycles. The Kier molecular flexibility index (Phi) is 4.72. The van der Waals surface area contributed by atoms with Gasteiger partial charge in [-0.05, 0) is 13.8 Å². The second kappa shape index (κ2) is 6.32. The summed E-state index contributed by atoms with van der Waals surface area (Å²) in [4.78, 5) is 30.2. The molecule has 1 aliphatic heterocycles. The average Bonchev–Trinajstić information content (AvgIpc) is 2.84. The van der Waals surface area contributed by atoms with Crippen LogP contribution in [0.2, 0.25) is 0 Å². The number of thiazole rings is 1. The lowest BCUT2D eigenvalue weighted by Gasteiger charge is -2.30. The van der Waals surface area contributed by atoms with E-state index in [2.05, 4.69) is 4.98 Å². The summed E-state index contributed by atoms with van der Waals surface area (Å²) < 4.78 is 10.4. The van der Waals surface area contributed by atoms with Gasteiger partial charge in [0.1, 0.15) is 4.88 Å². The highest BCUT2D eigenvalue weighted by atomic mass is 32.1. The zero-order chi connectivity index (χ0) is 14.7. The van der Waals surface area contributed by atoms with E-state index >= 15 is 0 Å². The number of morpholine rings is 1. The molecule has 6 nitrogen and oxygen atoms in total. The summed E-state index contributed by atoms with van der Waals surface area (Å²) in [6.45, 7) is 7.43. The van der Waals surface area contributed by atoms with Crippen LogP contribution in [0.5, 0.6) is 0 Å². The van der Waals surface area contributed by atoms with Gasteiger partial charge in [-0.3, -0.25) is 4.79 Å². The highest BCUT2D eigenvalue weighted by Gasteiger charge is 2.26. The Morgan fingerprint density at radius 3 is 2.90 bits per heavy atom. The SMILES string of the molecule is CCOC(=O)c1nc(N2CCOC(C)C2)sc1C(C)=O. The standard InChI is InChI=1S/C13H18N2O4S/c1-4-18-12(17)10-11(9(3)16)20-13(14-10)15-5-6-19-8(2)7-15/h8H,4-7H2,1-3H3. The molecule has 1 aliphatic rings. The van der Waals surface area contributed by atoms with Crippen LogP contribution in [0.1, 0.15) is 40.9 Å². The van der Waals surface area contributed by atoms with Crippen LogP contribution < -0.4 is 4.90 Å². The molecule has 1 atom stereocenters. The molecular weight excluding hydrogens is 280 g/mol. The molecule has 1 aromatic heterocycles. The second-order valence-electron chi connectivity index (χ2n) is 4.58. The fraction of sp³-hybridized carbons (Fsp3) is 0.615. The van der Waals surface area contributed by atoms with Crippen molar-refractivity contribution in [3.05, 3.63) is 10.6 Å². The number of nitrogens with zero attached hydrogens (tertiary/aromatic N) is 2. The van der Waals surface area contributed by atoms with Gasteiger partial charge < -0.3 is 14.4 Å². The van der Waals surface area contributed by atoms with E-state index < -0.39 is 5.97 Å². The van der Waals surface area contributed by atoms with Gasteiger partial charge in [-0.2, -0.15) is 0 Å². The van der Waals surface area contributed by atoms with Gasteiger partial charge in [0, 0.05) is 20.0 Å². The monoisotopic (exact) mass is 298 g/mol. The van der Waals surface area contributed by atoms with E-state index in [0.717, 1.165) is 0 Å². The Labute approximate surface area is 121 Å². The summed E-state index contributed by atoms with van der Waals surface area (Å²) in [5, 5.41) is 0.674. The summed E-state index contributed by atoms with van der Waals surface area (Å²) in [6, 6.07) is 0. The quantitative estimate of drug-likeness (QED) is 0.623. The van der Waals surface area contributed by atoms with Gasteiger partial charge >= 0.3 is 5.97 Å². The van der Waals surface area contributed by atoms with E-state index in [1.54, 1.807) is 6.92 Å². The molecule has 0 saturated carbocycles. The van der Waals surface area contributed by atoms with E-state index in [1.165, 1.54) is 18.3 Å². The maximum atomic E-state index is 11.9. The molecule has 1 fully saturated rings. The van der Waals surface area contributed by atoms with Crippen molar-refractivity contribution in [2.45, 2.75) is 26.9 Å². The summed E-state index contributed by atoms with van der Waals surface area (Å²) in [6.07, 6.45) is 0.111. The van der Waals surface area contributed by atoms with Crippen LogP contribution in [0.25, 0.3) is 0 Å². The molecule has 0 bridgehead atoms. The molecule has 0 aromatic carbocycles. The molecule has 7 heteroatoms. The average molecular weight is 298 g/mol. The third-order valence-corrected chi connectivity index (χ3v) is 4.13. The molecule has 0 radical (unpaired) electrons. The molecule has 0 amide bonds. The number of Topliss-reactive ketones (excluding diaryl/α,β-unsaturated/α-hetero) is 1. The number of aromatic nitrogens is 1. The molecule has 1 saturated heterocycles. The Bertz CT molecular complexity index is 514. The van der Waals surface area contributed by atoms with E-state index in [1.807, 2.05) is 11.8 Å². The molecule has 20 heavy (non-hydrogen) atoms. The molecule has 0 spiro atoms. The van der Waals surface area contributed by atoms with Gasteiger partial charge in [-0.25, -0.2) is 9.78 Å². The number of carbonyl (C=O) groups excluding carboxylic acids is 2. The van der Waals surface area contributed by atoms with Crippen molar-refractivity contribution in [2.75, 3.05) is 31.2 Å².